The third-order valence-electron chi connectivity index (χ3n) is 0.698. The van der Waals surface area contributed by atoms with Crippen LogP contribution >= 0.6 is 22.9 Å². The van der Waals surface area contributed by atoms with Gasteiger partial charge in [0.2, 0.25) is 0 Å². The van der Waals surface area contributed by atoms with E-state index in [1.807, 2.05) is 7.05 Å². The van der Waals surface area contributed by atoms with Gasteiger partial charge in [-0.25, -0.2) is 0 Å². The Hall–Kier alpha value is 0.650. The predicted molar refractivity (Wildman–Crippen MR) is 40.6 cm³/mol. The molecule has 0 amide bonds. The first-order valence-corrected chi connectivity index (χ1v) is 3.47. The maximum absolute atomic E-state index is 3.06. The quantitative estimate of drug-likeness (QED) is 0.405. The number of hydrogen-bond acceptors (Lipinski definition) is 2. The summed E-state index contributed by atoms with van der Waals surface area (Å²) in [6.07, 6.45) is 1.21. The second kappa shape index (κ2) is 6.65. The van der Waals surface area contributed by atoms with Crippen LogP contribution in [0.2, 0.25) is 0 Å². The minimum absolute atomic E-state index is 1.10. The smallest absolute Gasteiger partial charge is 0.0169 e. The highest BCUT2D eigenvalue weighted by molar-refractivity contribution is 14.1. The minimum atomic E-state index is 1.10. The lowest BCUT2D eigenvalue weighted by Crippen LogP contribution is -2.12. The van der Waals surface area contributed by atoms with Gasteiger partial charge >= 0.3 is 0 Å². The summed E-state index contributed by atoms with van der Waals surface area (Å²) in [6.45, 7) is 2.21. The fraction of sp³-hybridized carbons (Fsp3) is 1.00. The predicted octanol–water partition coefficient (Wildman–Crippen LogP) is 0.536. The fourth-order valence-corrected chi connectivity index (χ4v) is 0.713. The number of nitrogens with one attached hydrogen (secondary N) is 2. The zero-order valence-electron chi connectivity index (χ0n) is 4.50. The summed E-state index contributed by atoms with van der Waals surface area (Å²) >= 11 is 2.15. The molecule has 0 bridgehead atoms. The summed E-state index contributed by atoms with van der Waals surface area (Å²) in [7, 11) is 1.97. The van der Waals surface area contributed by atoms with Crippen LogP contribution in [0.1, 0.15) is 6.42 Å². The van der Waals surface area contributed by atoms with E-state index in [0.29, 0.717) is 0 Å². The largest absolute Gasteiger partial charge is 0.320 e. The normalized spacial score (nSPS) is 9.43. The van der Waals surface area contributed by atoms with Gasteiger partial charge in [0.15, 0.2) is 0 Å². The SMILES string of the molecule is CNCCCNI. The molecule has 0 aliphatic carbocycles. The maximum atomic E-state index is 3.06. The van der Waals surface area contributed by atoms with Crippen molar-refractivity contribution in [3.8, 4) is 0 Å². The molecule has 0 saturated carbocycles. The molecule has 0 aromatic carbocycles. The van der Waals surface area contributed by atoms with Gasteiger partial charge < -0.3 is 5.32 Å². The molecule has 2 N–H and O–H groups in total. The Kier molecular flexibility index (Phi) is 7.27. The Morgan fingerprint density at radius 1 is 1.43 bits per heavy atom. The minimum Gasteiger partial charge on any atom is -0.320 e. The maximum Gasteiger partial charge on any atom is 0.0169 e. The molecular weight excluding hydrogens is 203 g/mol. The van der Waals surface area contributed by atoms with Crippen LogP contribution in [-0.2, 0) is 0 Å². The molecule has 3 heteroatoms. The van der Waals surface area contributed by atoms with Crippen molar-refractivity contribution in [2.45, 2.75) is 6.42 Å². The van der Waals surface area contributed by atoms with Gasteiger partial charge in [-0.1, -0.05) is 0 Å². The third kappa shape index (κ3) is 6.65. The van der Waals surface area contributed by atoms with Gasteiger partial charge in [0.1, 0.15) is 0 Å². The van der Waals surface area contributed by atoms with Crippen LogP contribution in [0.5, 0.6) is 0 Å². The average Bonchev–Trinajstić information content (AvgIpc) is 1.69. The van der Waals surface area contributed by atoms with Gasteiger partial charge in [0.05, 0.1) is 0 Å². The first kappa shape index (κ1) is 7.65. The van der Waals surface area contributed by atoms with Crippen LogP contribution in [0.25, 0.3) is 0 Å². The lowest BCUT2D eigenvalue weighted by Gasteiger charge is -1.93. The van der Waals surface area contributed by atoms with E-state index in [4.69, 9.17) is 0 Å². The van der Waals surface area contributed by atoms with Gasteiger partial charge in [-0.2, -0.15) is 0 Å². The van der Waals surface area contributed by atoms with E-state index in [1.165, 1.54) is 6.42 Å². The molecule has 0 rings (SSSR count). The van der Waals surface area contributed by atoms with E-state index >= 15 is 0 Å². The van der Waals surface area contributed by atoms with Crippen molar-refractivity contribution < 1.29 is 0 Å². The van der Waals surface area contributed by atoms with Gasteiger partial charge in [0.25, 0.3) is 0 Å². The molecule has 0 spiro atoms. The molecule has 0 aliphatic rings. The van der Waals surface area contributed by atoms with Crippen LogP contribution < -0.4 is 8.85 Å². The summed E-state index contributed by atoms with van der Waals surface area (Å²) in [5.41, 5.74) is 0. The number of rotatable bonds is 4. The van der Waals surface area contributed by atoms with Crippen molar-refractivity contribution in [2.75, 3.05) is 20.1 Å². The van der Waals surface area contributed by atoms with Gasteiger partial charge in [-0.3, -0.25) is 3.53 Å². The zero-order valence-corrected chi connectivity index (χ0v) is 6.66. The van der Waals surface area contributed by atoms with Crippen LogP contribution in [-0.4, -0.2) is 20.1 Å². The monoisotopic (exact) mass is 214 g/mol. The third-order valence-corrected chi connectivity index (χ3v) is 1.24. The van der Waals surface area contributed by atoms with Crippen LogP contribution in [0.15, 0.2) is 0 Å². The molecule has 0 radical (unpaired) electrons. The van der Waals surface area contributed by atoms with Crippen molar-refractivity contribution in [2.24, 2.45) is 0 Å². The molecule has 0 saturated heterocycles. The lowest BCUT2D eigenvalue weighted by molar-refractivity contribution is 0.723. The Balaban J connectivity index is 2.45. The van der Waals surface area contributed by atoms with E-state index in [9.17, 15) is 0 Å². The van der Waals surface area contributed by atoms with Crippen LogP contribution in [0.4, 0.5) is 0 Å². The van der Waals surface area contributed by atoms with E-state index < -0.39 is 0 Å². The van der Waals surface area contributed by atoms with E-state index in [0.717, 1.165) is 13.1 Å². The Morgan fingerprint density at radius 3 is 2.57 bits per heavy atom. The van der Waals surface area contributed by atoms with Gasteiger partial charge in [0, 0.05) is 29.4 Å². The Bertz CT molecular complexity index is 28.9. The lowest BCUT2D eigenvalue weighted by atomic mass is 10.4. The second-order valence-corrected chi connectivity index (χ2v) is 2.10. The molecule has 0 aromatic rings. The highest BCUT2D eigenvalue weighted by atomic mass is 127. The van der Waals surface area contributed by atoms with Crippen molar-refractivity contribution in [1.29, 1.82) is 0 Å². The highest BCUT2D eigenvalue weighted by Gasteiger charge is 1.78. The van der Waals surface area contributed by atoms with Crippen LogP contribution in [0.3, 0.4) is 0 Å². The summed E-state index contributed by atoms with van der Waals surface area (Å²) in [6, 6.07) is 0. The summed E-state index contributed by atoms with van der Waals surface area (Å²) < 4.78 is 3.03. The second-order valence-electron chi connectivity index (χ2n) is 1.34. The molecule has 0 atom stereocenters. The van der Waals surface area contributed by atoms with E-state index in [2.05, 4.69) is 31.7 Å². The first-order chi connectivity index (χ1) is 3.41. The topological polar surface area (TPSA) is 24.1 Å². The molecule has 2 nitrogen and oxygen atoms in total. The standard InChI is InChI=1S/C4H11IN2/c1-6-3-2-4-7-5/h6-7H,2-4H2,1H3. The highest BCUT2D eigenvalue weighted by Crippen LogP contribution is 1.73. The summed E-state index contributed by atoms with van der Waals surface area (Å²) in [5.74, 6) is 0. The van der Waals surface area contributed by atoms with Gasteiger partial charge in [-0.05, 0) is 20.0 Å². The molecule has 0 aromatic heterocycles. The molecule has 0 unspecified atom stereocenters. The van der Waals surface area contributed by atoms with Gasteiger partial charge in [-0.15, -0.1) is 0 Å². The first-order valence-electron chi connectivity index (χ1n) is 2.40. The van der Waals surface area contributed by atoms with E-state index in [-0.39, 0.29) is 0 Å². The fourth-order valence-electron chi connectivity index (χ4n) is 0.332. The Labute approximate surface area is 58.6 Å². The molecular formula is C4H11IN2. The molecule has 0 heterocycles. The Morgan fingerprint density at radius 2 is 2.14 bits per heavy atom. The van der Waals surface area contributed by atoms with Crippen molar-refractivity contribution in [1.82, 2.24) is 8.85 Å². The number of hydrogen-bond donors (Lipinski definition) is 2. The van der Waals surface area contributed by atoms with E-state index in [1.54, 1.807) is 0 Å². The summed E-state index contributed by atoms with van der Waals surface area (Å²) in [4.78, 5) is 0. The molecule has 0 aliphatic heterocycles. The van der Waals surface area contributed by atoms with Crippen molar-refractivity contribution >= 4 is 22.9 Å². The zero-order chi connectivity index (χ0) is 5.54. The average molecular weight is 214 g/mol. The molecule has 0 fully saturated rings. The van der Waals surface area contributed by atoms with Crippen LogP contribution in [0, 0.1) is 0 Å². The van der Waals surface area contributed by atoms with Crippen molar-refractivity contribution in [3.63, 3.8) is 0 Å². The number of halogens is 1. The molecule has 7 heavy (non-hydrogen) atoms. The summed E-state index contributed by atoms with van der Waals surface area (Å²) in [5, 5.41) is 3.06. The molecule has 44 valence electrons. The van der Waals surface area contributed by atoms with Crippen molar-refractivity contribution in [3.05, 3.63) is 0 Å².